The molecule has 0 unspecified atom stereocenters. The topological polar surface area (TPSA) is 87.0 Å². The van der Waals surface area contributed by atoms with Crippen LogP contribution in [0.1, 0.15) is 41.8 Å². The van der Waals surface area contributed by atoms with Crippen LogP contribution in [0, 0.1) is 11.3 Å². The predicted octanol–water partition coefficient (Wildman–Crippen LogP) is 4.55. The van der Waals surface area contributed by atoms with Crippen molar-refractivity contribution in [1.82, 2.24) is 10.3 Å². The highest BCUT2D eigenvalue weighted by Gasteiger charge is 2.11. The lowest BCUT2D eigenvalue weighted by Crippen LogP contribution is -2.28. The molecule has 0 fully saturated rings. The summed E-state index contributed by atoms with van der Waals surface area (Å²) in [6, 6.07) is 15.0. The number of aryl methyl sites for hydroxylation is 1. The fourth-order valence-corrected chi connectivity index (χ4v) is 2.84. The number of hydrogen-bond acceptors (Lipinski definition) is 6. The van der Waals surface area contributed by atoms with Gasteiger partial charge in [0.25, 0.3) is 5.91 Å². The van der Waals surface area contributed by atoms with E-state index in [1.165, 1.54) is 7.11 Å². The van der Waals surface area contributed by atoms with Gasteiger partial charge in [-0.05, 0) is 35.7 Å². The predicted molar refractivity (Wildman–Crippen MR) is 128 cm³/mol. The van der Waals surface area contributed by atoms with E-state index in [0.29, 0.717) is 43.0 Å². The van der Waals surface area contributed by atoms with E-state index < -0.39 is 0 Å². The maximum absolute atomic E-state index is 12.4. The summed E-state index contributed by atoms with van der Waals surface area (Å²) in [4.78, 5) is 12.4. The van der Waals surface area contributed by atoms with Crippen LogP contribution in [0.4, 0.5) is 0 Å². The number of carbonyl (C=O) groups is 1. The van der Waals surface area contributed by atoms with Gasteiger partial charge in [-0.15, -0.1) is 0 Å². The zero-order chi connectivity index (χ0) is 23.8. The first-order valence-electron chi connectivity index (χ1n) is 10.5. The molecule has 1 amide bonds. The zero-order valence-corrected chi connectivity index (χ0v) is 19.1. The van der Waals surface area contributed by atoms with Crippen molar-refractivity contribution in [2.24, 2.45) is 5.10 Å². The summed E-state index contributed by atoms with van der Waals surface area (Å²) in [6.07, 6.45) is 2.57. The quantitative estimate of drug-likeness (QED) is 0.300. The normalized spacial score (nSPS) is 9.44. The molecule has 7 heteroatoms. The maximum atomic E-state index is 12.4. The second-order valence-electron chi connectivity index (χ2n) is 6.33. The minimum Gasteiger partial charge on any atom is -0.496 e. The van der Waals surface area contributed by atoms with Crippen LogP contribution < -0.4 is 14.8 Å². The molecule has 1 N–H and O–H groups in total. The molecular weight excluding hydrogens is 404 g/mol. The van der Waals surface area contributed by atoms with E-state index in [1.54, 1.807) is 29.4 Å². The Morgan fingerprint density at radius 3 is 2.66 bits per heavy atom. The molecule has 0 aromatic heterocycles. The average molecular weight is 437 g/mol. The SMILES string of the molecule is C=CN(Cc1ccc(CCC#N)c(OCCNC(=O)c2ccccc2OC)c1)N=C.CC. The van der Waals surface area contributed by atoms with Gasteiger partial charge in [-0.25, -0.2) is 0 Å². The van der Waals surface area contributed by atoms with Gasteiger partial charge in [0.2, 0.25) is 0 Å². The fraction of sp³-hybridized carbons (Fsp3) is 0.320. The smallest absolute Gasteiger partial charge is 0.255 e. The number of carbonyl (C=O) groups excluding carboxylic acids is 1. The minimum absolute atomic E-state index is 0.229. The molecule has 170 valence electrons. The van der Waals surface area contributed by atoms with Crippen molar-refractivity contribution in [1.29, 1.82) is 5.26 Å². The molecule has 0 bridgehead atoms. The number of nitrogens with zero attached hydrogens (tertiary/aromatic N) is 3. The minimum atomic E-state index is -0.229. The molecule has 0 aliphatic rings. The highest BCUT2D eigenvalue weighted by atomic mass is 16.5. The molecule has 0 radical (unpaired) electrons. The van der Waals surface area contributed by atoms with Crippen LogP contribution in [-0.2, 0) is 13.0 Å². The van der Waals surface area contributed by atoms with E-state index in [4.69, 9.17) is 14.7 Å². The van der Waals surface area contributed by atoms with Gasteiger partial charge in [-0.1, -0.05) is 44.7 Å². The van der Waals surface area contributed by atoms with Gasteiger partial charge in [0.1, 0.15) is 18.1 Å². The van der Waals surface area contributed by atoms with Crippen molar-refractivity contribution < 1.29 is 14.3 Å². The van der Waals surface area contributed by atoms with Gasteiger partial charge >= 0.3 is 0 Å². The summed E-state index contributed by atoms with van der Waals surface area (Å²) >= 11 is 0. The molecule has 2 aromatic carbocycles. The van der Waals surface area contributed by atoms with Gasteiger partial charge in [-0.3, -0.25) is 9.80 Å². The highest BCUT2D eigenvalue weighted by Crippen LogP contribution is 2.23. The lowest BCUT2D eigenvalue weighted by molar-refractivity contribution is 0.0944. The number of hydrazone groups is 1. The Kier molecular flexibility index (Phi) is 12.4. The first kappa shape index (κ1) is 26.2. The summed E-state index contributed by atoms with van der Waals surface area (Å²) in [5, 5.41) is 17.2. The average Bonchev–Trinajstić information content (AvgIpc) is 2.85. The number of methoxy groups -OCH3 is 1. The van der Waals surface area contributed by atoms with Crippen molar-refractivity contribution in [3.05, 3.63) is 71.9 Å². The number of para-hydroxylation sites is 1. The molecule has 0 aliphatic heterocycles. The number of ether oxygens (including phenoxy) is 2. The first-order chi connectivity index (χ1) is 15.6. The van der Waals surface area contributed by atoms with Crippen LogP contribution in [-0.4, -0.2) is 37.9 Å². The van der Waals surface area contributed by atoms with Crippen molar-refractivity contribution in [2.45, 2.75) is 33.2 Å². The number of rotatable bonds is 12. The van der Waals surface area contributed by atoms with Gasteiger partial charge < -0.3 is 14.8 Å². The lowest BCUT2D eigenvalue weighted by atomic mass is 10.1. The van der Waals surface area contributed by atoms with Crippen LogP contribution in [0.2, 0.25) is 0 Å². The van der Waals surface area contributed by atoms with Crippen LogP contribution >= 0.6 is 0 Å². The molecular formula is C25H32N4O3. The molecule has 0 spiro atoms. The van der Waals surface area contributed by atoms with Crippen molar-refractivity contribution in [2.75, 3.05) is 20.3 Å². The molecule has 32 heavy (non-hydrogen) atoms. The van der Waals surface area contributed by atoms with Crippen LogP contribution in [0.5, 0.6) is 11.5 Å². The Morgan fingerprint density at radius 2 is 2.00 bits per heavy atom. The Labute approximate surface area is 191 Å². The third-order valence-electron chi connectivity index (χ3n) is 4.37. The fourth-order valence-electron chi connectivity index (χ4n) is 2.84. The number of nitrogens with one attached hydrogen (secondary N) is 1. The lowest BCUT2D eigenvalue weighted by Gasteiger charge is -2.16. The summed E-state index contributed by atoms with van der Waals surface area (Å²) in [7, 11) is 1.53. The molecule has 0 saturated carbocycles. The Morgan fingerprint density at radius 1 is 1.25 bits per heavy atom. The van der Waals surface area contributed by atoms with Crippen LogP contribution in [0.15, 0.2) is 60.3 Å². The van der Waals surface area contributed by atoms with Gasteiger partial charge in [0.15, 0.2) is 0 Å². The van der Waals surface area contributed by atoms with E-state index in [-0.39, 0.29) is 12.5 Å². The van der Waals surface area contributed by atoms with Gasteiger partial charge in [0.05, 0.1) is 31.8 Å². The molecule has 0 saturated heterocycles. The van der Waals surface area contributed by atoms with Gasteiger partial charge in [0, 0.05) is 19.3 Å². The number of benzene rings is 2. The van der Waals surface area contributed by atoms with E-state index in [9.17, 15) is 4.79 Å². The van der Waals surface area contributed by atoms with Crippen molar-refractivity contribution in [3.63, 3.8) is 0 Å². The maximum Gasteiger partial charge on any atom is 0.255 e. The third-order valence-corrected chi connectivity index (χ3v) is 4.37. The Hall–Kier alpha value is -3.79. The summed E-state index contributed by atoms with van der Waals surface area (Å²) in [6.45, 7) is 12.3. The molecule has 2 rings (SSSR count). The van der Waals surface area contributed by atoms with Crippen LogP contribution in [0.25, 0.3) is 0 Å². The Balaban J connectivity index is 0.00000249. The van der Waals surface area contributed by atoms with Crippen LogP contribution in [0.3, 0.4) is 0 Å². The monoisotopic (exact) mass is 436 g/mol. The molecule has 7 nitrogen and oxygen atoms in total. The van der Waals surface area contributed by atoms with Crippen molar-refractivity contribution in [3.8, 4) is 17.6 Å². The standard InChI is InChI=1S/C23H26N4O3.C2H6/c1-4-27(25-2)17-18-11-12-19(8-7-13-24)22(16-18)30-15-14-26-23(28)20-9-5-6-10-21(20)29-3;1-2/h4-6,9-12,16H,1-2,7-8,14-15,17H2,3H3,(H,26,28);1-2H3. The molecule has 0 heterocycles. The highest BCUT2D eigenvalue weighted by molar-refractivity contribution is 5.96. The van der Waals surface area contributed by atoms with E-state index in [0.717, 1.165) is 11.1 Å². The van der Waals surface area contributed by atoms with Gasteiger partial charge in [-0.2, -0.15) is 10.4 Å². The second-order valence-corrected chi connectivity index (χ2v) is 6.33. The van der Waals surface area contributed by atoms with Crippen molar-refractivity contribution >= 4 is 12.6 Å². The number of amides is 1. The third kappa shape index (κ3) is 8.15. The molecule has 0 aliphatic carbocycles. The summed E-state index contributed by atoms with van der Waals surface area (Å²) < 4.78 is 11.1. The van der Waals surface area contributed by atoms with E-state index in [2.05, 4.69) is 29.8 Å². The summed E-state index contributed by atoms with van der Waals surface area (Å²) in [5.41, 5.74) is 2.38. The van der Waals surface area contributed by atoms with E-state index in [1.807, 2.05) is 38.1 Å². The number of nitriles is 1. The number of hydrogen-bond donors (Lipinski definition) is 1. The Bertz CT molecular complexity index is 914. The molecule has 0 atom stereocenters. The zero-order valence-electron chi connectivity index (χ0n) is 19.1. The molecule has 2 aromatic rings. The largest absolute Gasteiger partial charge is 0.496 e. The first-order valence-corrected chi connectivity index (χ1v) is 10.5. The summed E-state index contributed by atoms with van der Waals surface area (Å²) in [5.74, 6) is 0.973. The second kappa shape index (κ2) is 15.1. The van der Waals surface area contributed by atoms with E-state index >= 15 is 0 Å².